The van der Waals surface area contributed by atoms with E-state index in [2.05, 4.69) is 0 Å². The van der Waals surface area contributed by atoms with Crippen LogP contribution in [0.25, 0.3) is 0 Å². The Morgan fingerprint density at radius 3 is 2.50 bits per heavy atom. The van der Waals surface area contributed by atoms with Crippen LogP contribution in [0.4, 0.5) is 0 Å². The second-order valence-corrected chi connectivity index (χ2v) is 8.14. The number of carbonyl (C=O) groups is 1. The van der Waals surface area contributed by atoms with Gasteiger partial charge < -0.3 is 24.8 Å². The van der Waals surface area contributed by atoms with Crippen LogP contribution in [0.5, 0.6) is 0 Å². The van der Waals surface area contributed by atoms with E-state index < -0.39 is 46.8 Å². The number of ether oxygens (including phenoxy) is 2. The summed E-state index contributed by atoms with van der Waals surface area (Å²) in [4.78, 5) is 12.0. The van der Waals surface area contributed by atoms with Gasteiger partial charge in [-0.25, -0.2) is 0 Å². The molecule has 10 unspecified atom stereocenters. The standard InChI is InChI=1S/C16H24O6/c1-6-9-8(17)5-14(3,19)16-11(10(9)21-13(6)18)15(4,20)7(2)12(16)22-16/h6-12,17,19-20H,5H2,1-4H3. The summed E-state index contributed by atoms with van der Waals surface area (Å²) >= 11 is 0. The van der Waals surface area contributed by atoms with Crippen LogP contribution in [0.3, 0.4) is 0 Å². The highest BCUT2D eigenvalue weighted by Gasteiger charge is 2.85. The van der Waals surface area contributed by atoms with Crippen molar-refractivity contribution in [2.75, 3.05) is 0 Å². The van der Waals surface area contributed by atoms with Crippen LogP contribution in [0.15, 0.2) is 0 Å². The van der Waals surface area contributed by atoms with Crippen LogP contribution in [-0.2, 0) is 14.3 Å². The van der Waals surface area contributed by atoms with Gasteiger partial charge in [0.25, 0.3) is 0 Å². The maximum Gasteiger partial charge on any atom is 0.309 e. The zero-order valence-corrected chi connectivity index (χ0v) is 13.3. The first-order chi connectivity index (χ1) is 10.1. The first-order valence-corrected chi connectivity index (χ1v) is 8.07. The van der Waals surface area contributed by atoms with Crippen molar-refractivity contribution in [2.45, 2.75) is 69.2 Å². The summed E-state index contributed by atoms with van der Waals surface area (Å²) in [7, 11) is 0. The van der Waals surface area contributed by atoms with Gasteiger partial charge in [-0.1, -0.05) is 13.8 Å². The van der Waals surface area contributed by atoms with Crippen molar-refractivity contribution < 1.29 is 29.6 Å². The molecule has 2 saturated heterocycles. The van der Waals surface area contributed by atoms with Crippen molar-refractivity contribution in [3.63, 3.8) is 0 Å². The van der Waals surface area contributed by atoms with E-state index in [9.17, 15) is 20.1 Å². The summed E-state index contributed by atoms with van der Waals surface area (Å²) < 4.78 is 11.5. The van der Waals surface area contributed by atoms with Gasteiger partial charge in [-0.15, -0.1) is 0 Å². The van der Waals surface area contributed by atoms with E-state index in [-0.39, 0.29) is 24.4 Å². The van der Waals surface area contributed by atoms with E-state index in [4.69, 9.17) is 9.47 Å². The molecule has 1 spiro atoms. The molecule has 0 amide bonds. The maximum absolute atomic E-state index is 12.0. The number of esters is 1. The highest BCUT2D eigenvalue weighted by atomic mass is 16.6. The summed E-state index contributed by atoms with van der Waals surface area (Å²) in [5, 5.41) is 32.6. The molecular formula is C16H24O6. The molecule has 6 heteroatoms. The maximum atomic E-state index is 12.0. The number of aliphatic hydroxyl groups is 3. The molecule has 22 heavy (non-hydrogen) atoms. The van der Waals surface area contributed by atoms with Gasteiger partial charge >= 0.3 is 5.97 Å². The number of hydrogen-bond donors (Lipinski definition) is 3. The smallest absolute Gasteiger partial charge is 0.309 e. The van der Waals surface area contributed by atoms with Gasteiger partial charge in [-0.2, -0.15) is 0 Å². The van der Waals surface area contributed by atoms with Gasteiger partial charge in [-0.05, 0) is 13.8 Å². The number of epoxide rings is 1. The molecule has 3 N–H and O–H groups in total. The Bertz CT molecular complexity index is 543. The minimum atomic E-state index is -1.27. The van der Waals surface area contributed by atoms with E-state index in [1.165, 1.54) is 0 Å². The molecule has 0 aromatic heterocycles. The number of hydrogen-bond acceptors (Lipinski definition) is 6. The fourth-order valence-corrected chi connectivity index (χ4v) is 5.58. The Hall–Kier alpha value is -0.690. The van der Waals surface area contributed by atoms with Crippen LogP contribution in [-0.4, -0.2) is 56.4 Å². The molecule has 0 aromatic carbocycles. The van der Waals surface area contributed by atoms with Crippen molar-refractivity contribution in [3.05, 3.63) is 0 Å². The van der Waals surface area contributed by atoms with Gasteiger partial charge in [0.1, 0.15) is 11.7 Å². The third kappa shape index (κ3) is 1.39. The van der Waals surface area contributed by atoms with E-state index in [0.717, 1.165) is 0 Å². The summed E-state index contributed by atoms with van der Waals surface area (Å²) in [6, 6.07) is 0. The highest BCUT2D eigenvalue weighted by Crippen LogP contribution is 2.69. The Morgan fingerprint density at radius 2 is 1.86 bits per heavy atom. The van der Waals surface area contributed by atoms with Crippen LogP contribution < -0.4 is 0 Å². The first kappa shape index (κ1) is 14.9. The molecule has 4 rings (SSSR count). The van der Waals surface area contributed by atoms with Gasteiger partial charge in [-0.3, -0.25) is 4.79 Å². The quantitative estimate of drug-likeness (QED) is 0.424. The lowest BCUT2D eigenvalue weighted by molar-refractivity contribution is -0.167. The van der Waals surface area contributed by atoms with Crippen molar-refractivity contribution >= 4 is 5.97 Å². The predicted molar refractivity (Wildman–Crippen MR) is 74.7 cm³/mol. The molecule has 0 aromatic rings. The first-order valence-electron chi connectivity index (χ1n) is 8.07. The zero-order chi connectivity index (χ0) is 16.2. The fraction of sp³-hybridized carbons (Fsp3) is 0.938. The van der Waals surface area contributed by atoms with Crippen LogP contribution in [0, 0.1) is 23.7 Å². The second kappa shape index (κ2) is 3.86. The minimum absolute atomic E-state index is 0.116. The molecule has 2 heterocycles. The van der Waals surface area contributed by atoms with Crippen molar-refractivity contribution in [2.24, 2.45) is 23.7 Å². The summed E-state index contributed by atoms with van der Waals surface area (Å²) in [6.45, 7) is 7.02. The molecule has 4 aliphatic rings. The molecule has 4 fully saturated rings. The van der Waals surface area contributed by atoms with Crippen LogP contribution in [0.1, 0.15) is 34.1 Å². The summed E-state index contributed by atoms with van der Waals surface area (Å²) in [5.74, 6) is -1.93. The van der Waals surface area contributed by atoms with Gasteiger partial charge in [0.2, 0.25) is 0 Å². The lowest BCUT2D eigenvalue weighted by Gasteiger charge is -2.41. The van der Waals surface area contributed by atoms with E-state index in [1.807, 2.05) is 6.92 Å². The van der Waals surface area contributed by atoms with Gasteiger partial charge in [0.15, 0.2) is 0 Å². The predicted octanol–water partition coefficient (Wildman–Crippen LogP) is -0.166. The Kier molecular flexibility index (Phi) is 2.61. The number of carbonyl (C=O) groups excluding carboxylic acids is 1. The lowest BCUT2D eigenvalue weighted by Crippen LogP contribution is -2.55. The third-order valence-electron chi connectivity index (χ3n) is 6.96. The molecular weight excluding hydrogens is 288 g/mol. The minimum Gasteiger partial charge on any atom is -0.461 e. The van der Waals surface area contributed by atoms with Gasteiger partial charge in [0, 0.05) is 18.3 Å². The Morgan fingerprint density at radius 1 is 1.23 bits per heavy atom. The molecule has 6 nitrogen and oxygen atoms in total. The number of rotatable bonds is 0. The van der Waals surface area contributed by atoms with E-state index in [1.54, 1.807) is 20.8 Å². The normalized spacial score (nSPS) is 66.1. The summed E-state index contributed by atoms with van der Waals surface area (Å²) in [5.41, 5.74) is -3.34. The third-order valence-corrected chi connectivity index (χ3v) is 6.96. The fourth-order valence-electron chi connectivity index (χ4n) is 5.58. The van der Waals surface area contributed by atoms with Gasteiger partial charge in [0.05, 0.1) is 35.2 Å². The Balaban J connectivity index is 1.88. The number of fused-ring (bicyclic) bond motifs is 2. The second-order valence-electron chi connectivity index (χ2n) is 8.14. The Labute approximate surface area is 129 Å². The lowest BCUT2D eigenvalue weighted by atomic mass is 9.72. The summed E-state index contributed by atoms with van der Waals surface area (Å²) in [6.07, 6.45) is -1.65. The largest absolute Gasteiger partial charge is 0.461 e. The topological polar surface area (TPSA) is 99.5 Å². The molecule has 0 radical (unpaired) electrons. The molecule has 2 saturated carbocycles. The van der Waals surface area contributed by atoms with Crippen LogP contribution >= 0.6 is 0 Å². The zero-order valence-electron chi connectivity index (χ0n) is 13.3. The number of aliphatic hydroxyl groups excluding tert-OH is 1. The van der Waals surface area contributed by atoms with Crippen molar-refractivity contribution in [1.29, 1.82) is 0 Å². The monoisotopic (exact) mass is 312 g/mol. The van der Waals surface area contributed by atoms with Crippen molar-refractivity contribution in [1.82, 2.24) is 0 Å². The molecule has 124 valence electrons. The molecule has 2 aliphatic carbocycles. The highest BCUT2D eigenvalue weighted by molar-refractivity contribution is 5.75. The average molecular weight is 312 g/mol. The molecule has 0 bridgehead atoms. The van der Waals surface area contributed by atoms with E-state index in [0.29, 0.717) is 0 Å². The molecule has 10 atom stereocenters. The van der Waals surface area contributed by atoms with Crippen LogP contribution in [0.2, 0.25) is 0 Å². The SMILES string of the molecule is CC1C(=O)OC2C1C(O)CC(C)(O)C13OC1C(C)C(C)(O)C23. The average Bonchev–Trinajstić information content (AvgIpc) is 3.02. The van der Waals surface area contributed by atoms with Crippen molar-refractivity contribution in [3.8, 4) is 0 Å². The van der Waals surface area contributed by atoms with E-state index >= 15 is 0 Å². The molecule has 2 aliphatic heterocycles.